The summed E-state index contributed by atoms with van der Waals surface area (Å²) >= 11 is 5.84. The van der Waals surface area contributed by atoms with Crippen LogP contribution in [0.5, 0.6) is 0 Å². The first-order chi connectivity index (χ1) is 8.16. The fraction of sp³-hybridized carbons (Fsp3) is 0.417. The molecule has 1 aliphatic heterocycles. The van der Waals surface area contributed by atoms with Crippen molar-refractivity contribution in [1.82, 2.24) is 4.90 Å². The monoisotopic (exact) mass is 256 g/mol. The number of piperidine rings is 1. The Bertz CT molecular complexity index is 419. The Morgan fingerprint density at radius 3 is 2.65 bits per heavy atom. The molecule has 1 aromatic carbocycles. The number of hydrogen-bond donors (Lipinski definition) is 1. The number of anilines is 1. The molecule has 1 N–H and O–H groups in total. The lowest BCUT2D eigenvalue weighted by Gasteiger charge is -2.26. The Hall–Kier alpha value is -1.29. The molecule has 1 aromatic rings. The highest BCUT2D eigenvalue weighted by molar-refractivity contribution is 6.33. The Morgan fingerprint density at radius 1 is 1.29 bits per heavy atom. The molecule has 0 aliphatic carbocycles. The van der Waals surface area contributed by atoms with Crippen LogP contribution in [0.1, 0.15) is 19.3 Å². The van der Waals surface area contributed by atoms with Gasteiger partial charge in [-0.1, -0.05) is 11.6 Å². The maximum Gasteiger partial charge on any atom is 0.321 e. The maximum atomic E-state index is 12.8. The minimum atomic E-state index is -0.411. The zero-order valence-electron chi connectivity index (χ0n) is 9.38. The molecule has 1 aliphatic rings. The number of carbonyl (C=O) groups is 1. The molecule has 17 heavy (non-hydrogen) atoms. The first-order valence-electron chi connectivity index (χ1n) is 5.68. The van der Waals surface area contributed by atoms with Crippen molar-refractivity contribution in [3.63, 3.8) is 0 Å². The molecule has 3 nitrogen and oxygen atoms in total. The number of rotatable bonds is 1. The van der Waals surface area contributed by atoms with Crippen LogP contribution in [0.2, 0.25) is 5.02 Å². The third kappa shape index (κ3) is 3.09. The molecule has 0 atom stereocenters. The first-order valence-corrected chi connectivity index (χ1v) is 6.05. The fourth-order valence-electron chi connectivity index (χ4n) is 1.88. The van der Waals surface area contributed by atoms with Gasteiger partial charge in [0.25, 0.3) is 0 Å². The van der Waals surface area contributed by atoms with Gasteiger partial charge in [0, 0.05) is 13.1 Å². The van der Waals surface area contributed by atoms with Crippen molar-refractivity contribution in [1.29, 1.82) is 0 Å². The van der Waals surface area contributed by atoms with Crippen LogP contribution < -0.4 is 5.32 Å². The van der Waals surface area contributed by atoms with Gasteiger partial charge in [0.15, 0.2) is 0 Å². The number of hydrogen-bond acceptors (Lipinski definition) is 1. The number of nitrogens with zero attached hydrogens (tertiary/aromatic N) is 1. The molecule has 2 rings (SSSR count). The quantitative estimate of drug-likeness (QED) is 0.820. The van der Waals surface area contributed by atoms with Crippen molar-refractivity contribution in [3.8, 4) is 0 Å². The normalized spacial score (nSPS) is 15.8. The molecule has 1 heterocycles. The van der Waals surface area contributed by atoms with Gasteiger partial charge < -0.3 is 10.2 Å². The number of carbonyl (C=O) groups excluding carboxylic acids is 1. The zero-order chi connectivity index (χ0) is 12.3. The van der Waals surface area contributed by atoms with Crippen molar-refractivity contribution < 1.29 is 9.18 Å². The van der Waals surface area contributed by atoms with Crippen LogP contribution in [0.15, 0.2) is 18.2 Å². The van der Waals surface area contributed by atoms with Crippen molar-refractivity contribution in [2.75, 3.05) is 18.4 Å². The molecular formula is C12H14ClFN2O. The average molecular weight is 257 g/mol. The van der Waals surface area contributed by atoms with Gasteiger partial charge in [0.2, 0.25) is 0 Å². The van der Waals surface area contributed by atoms with E-state index in [0.29, 0.717) is 5.69 Å². The predicted molar refractivity (Wildman–Crippen MR) is 65.9 cm³/mol. The molecule has 0 bridgehead atoms. The van der Waals surface area contributed by atoms with Crippen molar-refractivity contribution in [2.45, 2.75) is 19.3 Å². The van der Waals surface area contributed by atoms with Crippen LogP contribution in [-0.2, 0) is 0 Å². The van der Waals surface area contributed by atoms with Crippen LogP contribution in [0.4, 0.5) is 14.9 Å². The molecule has 1 saturated heterocycles. The zero-order valence-corrected chi connectivity index (χ0v) is 10.1. The number of halogens is 2. The van der Waals surface area contributed by atoms with Crippen molar-refractivity contribution >= 4 is 23.3 Å². The van der Waals surface area contributed by atoms with E-state index in [0.717, 1.165) is 25.9 Å². The highest BCUT2D eigenvalue weighted by atomic mass is 35.5. The van der Waals surface area contributed by atoms with Gasteiger partial charge in [0.1, 0.15) is 5.82 Å². The summed E-state index contributed by atoms with van der Waals surface area (Å²) in [5.41, 5.74) is 0.448. The second kappa shape index (κ2) is 5.36. The minimum absolute atomic E-state index is 0.168. The third-order valence-corrected chi connectivity index (χ3v) is 3.13. The van der Waals surface area contributed by atoms with E-state index in [4.69, 9.17) is 11.6 Å². The van der Waals surface area contributed by atoms with Crippen LogP contribution in [0.25, 0.3) is 0 Å². The summed E-state index contributed by atoms with van der Waals surface area (Å²) in [6.45, 7) is 1.54. The maximum absolute atomic E-state index is 12.8. The number of likely N-dealkylation sites (tertiary alicyclic amines) is 1. The fourth-order valence-corrected chi connectivity index (χ4v) is 2.10. The molecular weight excluding hydrogens is 243 g/mol. The third-order valence-electron chi connectivity index (χ3n) is 2.82. The van der Waals surface area contributed by atoms with Gasteiger partial charge in [0.05, 0.1) is 10.7 Å². The van der Waals surface area contributed by atoms with Gasteiger partial charge in [-0.25, -0.2) is 9.18 Å². The van der Waals surface area contributed by atoms with Crippen LogP contribution in [-0.4, -0.2) is 24.0 Å². The summed E-state index contributed by atoms with van der Waals surface area (Å²) in [5, 5.41) is 2.91. The summed E-state index contributed by atoms with van der Waals surface area (Å²) in [4.78, 5) is 13.6. The lowest BCUT2D eigenvalue weighted by molar-refractivity contribution is 0.200. The molecule has 0 saturated carbocycles. The Kier molecular flexibility index (Phi) is 3.84. The summed E-state index contributed by atoms with van der Waals surface area (Å²) < 4.78 is 12.8. The summed E-state index contributed by atoms with van der Waals surface area (Å²) in [6.07, 6.45) is 3.23. The summed E-state index contributed by atoms with van der Waals surface area (Å²) in [6, 6.07) is 3.77. The molecule has 0 aromatic heterocycles. The van der Waals surface area contributed by atoms with Gasteiger partial charge in [-0.2, -0.15) is 0 Å². The highest BCUT2D eigenvalue weighted by Crippen LogP contribution is 2.23. The van der Waals surface area contributed by atoms with Crippen molar-refractivity contribution in [2.24, 2.45) is 0 Å². The van der Waals surface area contributed by atoms with Crippen LogP contribution in [0, 0.1) is 5.82 Å². The van der Waals surface area contributed by atoms with Gasteiger partial charge >= 0.3 is 6.03 Å². The Labute approximate surface area is 105 Å². The van der Waals surface area contributed by atoms with E-state index >= 15 is 0 Å². The summed E-state index contributed by atoms with van der Waals surface area (Å²) in [5.74, 6) is -0.411. The molecule has 0 unspecified atom stereocenters. The number of amides is 2. The molecule has 92 valence electrons. The van der Waals surface area contributed by atoms with Gasteiger partial charge in [-0.3, -0.25) is 0 Å². The van der Waals surface area contributed by atoms with Gasteiger partial charge in [-0.05, 0) is 37.5 Å². The molecule has 1 fully saturated rings. The molecule has 5 heteroatoms. The topological polar surface area (TPSA) is 32.3 Å². The average Bonchev–Trinajstić information content (AvgIpc) is 2.34. The van der Waals surface area contributed by atoms with E-state index in [2.05, 4.69) is 5.32 Å². The SMILES string of the molecule is O=C(Nc1ccc(F)cc1Cl)N1CCCCC1. The number of nitrogens with one attached hydrogen (secondary N) is 1. The van der Waals surface area contributed by atoms with Crippen LogP contribution >= 0.6 is 11.6 Å². The van der Waals surface area contributed by atoms with E-state index < -0.39 is 5.82 Å². The second-order valence-electron chi connectivity index (χ2n) is 4.10. The number of benzene rings is 1. The smallest absolute Gasteiger partial charge is 0.321 e. The standard InChI is InChI=1S/C12H14ClFN2O/c13-10-8-9(14)4-5-11(10)15-12(17)16-6-2-1-3-7-16/h4-5,8H,1-3,6-7H2,(H,15,17). The number of urea groups is 1. The lowest BCUT2D eigenvalue weighted by Crippen LogP contribution is -2.38. The van der Waals surface area contributed by atoms with E-state index in [1.165, 1.54) is 24.6 Å². The Morgan fingerprint density at radius 2 is 2.00 bits per heavy atom. The lowest BCUT2D eigenvalue weighted by atomic mass is 10.1. The van der Waals surface area contributed by atoms with Crippen LogP contribution in [0.3, 0.4) is 0 Å². The van der Waals surface area contributed by atoms with E-state index in [1.54, 1.807) is 4.90 Å². The minimum Gasteiger partial charge on any atom is -0.325 e. The first kappa shape index (κ1) is 12.2. The molecule has 0 spiro atoms. The molecule has 0 radical (unpaired) electrons. The van der Waals surface area contributed by atoms with E-state index in [1.807, 2.05) is 0 Å². The van der Waals surface area contributed by atoms with E-state index in [9.17, 15) is 9.18 Å². The van der Waals surface area contributed by atoms with E-state index in [-0.39, 0.29) is 11.1 Å². The Balaban J connectivity index is 2.02. The highest BCUT2D eigenvalue weighted by Gasteiger charge is 2.17. The summed E-state index contributed by atoms with van der Waals surface area (Å²) in [7, 11) is 0. The van der Waals surface area contributed by atoms with Crippen molar-refractivity contribution in [3.05, 3.63) is 29.0 Å². The second-order valence-corrected chi connectivity index (χ2v) is 4.51. The van der Waals surface area contributed by atoms with Gasteiger partial charge in [-0.15, -0.1) is 0 Å². The predicted octanol–water partition coefficient (Wildman–Crippen LogP) is 3.50. The largest absolute Gasteiger partial charge is 0.325 e. The molecule has 2 amide bonds.